The zero-order chi connectivity index (χ0) is 26.0. The number of ether oxygens (including phenoxy) is 3. The molecule has 0 bridgehead atoms. The number of aliphatic hydroxyl groups excluding tert-OH is 1. The summed E-state index contributed by atoms with van der Waals surface area (Å²) >= 11 is 0. The summed E-state index contributed by atoms with van der Waals surface area (Å²) in [6.07, 6.45) is 0. The van der Waals surface area contributed by atoms with Crippen LogP contribution in [0.2, 0.25) is 0 Å². The molecule has 0 amide bonds. The Balaban J connectivity index is 1.48. The van der Waals surface area contributed by atoms with Gasteiger partial charge in [-0.25, -0.2) is 14.4 Å². The topological polar surface area (TPSA) is 99.1 Å². The van der Waals surface area contributed by atoms with Crippen molar-refractivity contribution in [3.63, 3.8) is 0 Å². The van der Waals surface area contributed by atoms with Crippen LogP contribution in [0.3, 0.4) is 0 Å². The molecule has 0 saturated heterocycles. The van der Waals surface area contributed by atoms with E-state index in [0.717, 1.165) is 22.3 Å². The number of hydrogen-bond acceptors (Lipinski definition) is 7. The molecule has 3 aromatic rings. The molecule has 0 aromatic heterocycles. The van der Waals surface area contributed by atoms with E-state index in [0.29, 0.717) is 16.9 Å². The number of benzene rings is 3. The van der Waals surface area contributed by atoms with Gasteiger partial charge in [-0.2, -0.15) is 0 Å². The fraction of sp³-hybridized carbons (Fsp3) is 0.138. The minimum Gasteiger partial charge on any atom is -0.423 e. The molecule has 36 heavy (non-hydrogen) atoms. The molecular weight excluding hydrogens is 460 g/mol. The van der Waals surface area contributed by atoms with Crippen LogP contribution in [0.15, 0.2) is 85.0 Å². The number of rotatable bonds is 7. The van der Waals surface area contributed by atoms with Crippen molar-refractivity contribution in [3.8, 4) is 28.4 Å². The number of esters is 3. The maximum Gasteiger partial charge on any atom is 0.343 e. The summed E-state index contributed by atoms with van der Waals surface area (Å²) in [6.45, 7) is 10.1. The largest absolute Gasteiger partial charge is 0.423 e. The van der Waals surface area contributed by atoms with Crippen LogP contribution in [0.5, 0.6) is 17.2 Å². The smallest absolute Gasteiger partial charge is 0.343 e. The van der Waals surface area contributed by atoms with Crippen LogP contribution in [0, 0.1) is 0 Å². The highest BCUT2D eigenvalue weighted by atomic mass is 16.5. The van der Waals surface area contributed by atoms with Gasteiger partial charge in [-0.3, -0.25) is 0 Å². The van der Waals surface area contributed by atoms with Crippen LogP contribution in [0.1, 0.15) is 41.3 Å². The van der Waals surface area contributed by atoms with Crippen molar-refractivity contribution in [2.75, 3.05) is 6.61 Å². The van der Waals surface area contributed by atoms with Gasteiger partial charge in [0.05, 0.1) is 17.7 Å². The summed E-state index contributed by atoms with van der Waals surface area (Å²) in [5.74, 6) is -0.824. The van der Waals surface area contributed by atoms with Crippen molar-refractivity contribution in [1.29, 1.82) is 0 Å². The van der Waals surface area contributed by atoms with Crippen molar-refractivity contribution in [2.24, 2.45) is 0 Å². The summed E-state index contributed by atoms with van der Waals surface area (Å²) in [7, 11) is 0. The number of fused-ring (bicyclic) bond motifs is 3. The molecule has 0 heterocycles. The van der Waals surface area contributed by atoms with Gasteiger partial charge in [0.15, 0.2) is 0 Å². The Morgan fingerprint density at radius 1 is 0.778 bits per heavy atom. The van der Waals surface area contributed by atoms with E-state index >= 15 is 0 Å². The second-order valence-electron chi connectivity index (χ2n) is 8.45. The zero-order valence-electron chi connectivity index (χ0n) is 19.9. The number of aliphatic hydroxyl groups is 1. The minimum absolute atomic E-state index is 0.0196. The highest BCUT2D eigenvalue weighted by Crippen LogP contribution is 2.46. The summed E-state index contributed by atoms with van der Waals surface area (Å²) in [4.78, 5) is 36.4. The second-order valence-corrected chi connectivity index (χ2v) is 8.45. The lowest BCUT2D eigenvalue weighted by Crippen LogP contribution is -2.13. The van der Waals surface area contributed by atoms with Crippen molar-refractivity contribution in [2.45, 2.75) is 19.8 Å². The average molecular weight is 485 g/mol. The summed E-state index contributed by atoms with van der Waals surface area (Å²) in [6, 6.07) is 16.8. The SMILES string of the molecule is C=C(C)C(=O)Oc1ccc2c(c1)C(C)c1cc(C(=O)Oc3ccc(OC(=O)C(=C)CO)cc3)ccc1-2. The third kappa shape index (κ3) is 4.96. The van der Waals surface area contributed by atoms with Gasteiger partial charge in [0, 0.05) is 11.5 Å². The van der Waals surface area contributed by atoms with Gasteiger partial charge in [0.2, 0.25) is 0 Å². The van der Waals surface area contributed by atoms with Crippen LogP contribution in [0.4, 0.5) is 0 Å². The van der Waals surface area contributed by atoms with Crippen LogP contribution >= 0.6 is 0 Å². The normalized spacial score (nSPS) is 13.2. The van der Waals surface area contributed by atoms with Gasteiger partial charge in [-0.1, -0.05) is 32.2 Å². The molecule has 0 saturated carbocycles. The molecule has 1 aliphatic carbocycles. The van der Waals surface area contributed by atoms with Crippen LogP contribution in [0.25, 0.3) is 11.1 Å². The predicted molar refractivity (Wildman–Crippen MR) is 133 cm³/mol. The summed E-state index contributed by atoms with van der Waals surface area (Å²) in [5, 5.41) is 8.94. The Bertz CT molecular complexity index is 1400. The Morgan fingerprint density at radius 3 is 1.92 bits per heavy atom. The summed E-state index contributed by atoms with van der Waals surface area (Å²) < 4.78 is 15.9. The quantitative estimate of drug-likeness (QED) is 0.287. The summed E-state index contributed by atoms with van der Waals surface area (Å²) in [5.41, 5.74) is 4.62. The third-order valence-corrected chi connectivity index (χ3v) is 5.82. The molecule has 0 radical (unpaired) electrons. The first-order valence-corrected chi connectivity index (χ1v) is 11.2. The van der Waals surface area contributed by atoms with Crippen molar-refractivity contribution in [3.05, 3.63) is 102 Å². The number of carbonyl (C=O) groups is 3. The average Bonchev–Trinajstić information content (AvgIpc) is 3.15. The molecule has 0 fully saturated rings. The maximum atomic E-state index is 12.8. The molecular formula is C29H24O7. The molecule has 1 atom stereocenters. The van der Waals surface area contributed by atoms with E-state index in [2.05, 4.69) is 13.2 Å². The highest BCUT2D eigenvalue weighted by Gasteiger charge is 2.27. The second kappa shape index (κ2) is 10.0. The molecule has 182 valence electrons. The Labute approximate surface area is 208 Å². The van der Waals surface area contributed by atoms with Gasteiger partial charge in [0.1, 0.15) is 17.2 Å². The van der Waals surface area contributed by atoms with Crippen LogP contribution < -0.4 is 14.2 Å². The van der Waals surface area contributed by atoms with Crippen LogP contribution in [-0.2, 0) is 9.59 Å². The molecule has 0 spiro atoms. The maximum absolute atomic E-state index is 12.8. The Hall–Kier alpha value is -4.49. The van der Waals surface area contributed by atoms with E-state index < -0.39 is 24.5 Å². The fourth-order valence-electron chi connectivity index (χ4n) is 3.85. The first-order chi connectivity index (χ1) is 17.2. The monoisotopic (exact) mass is 484 g/mol. The molecule has 1 aliphatic rings. The van der Waals surface area contributed by atoms with E-state index in [1.54, 1.807) is 25.1 Å². The predicted octanol–water partition coefficient (Wildman–Crippen LogP) is 4.97. The van der Waals surface area contributed by atoms with Gasteiger partial charge >= 0.3 is 17.9 Å². The molecule has 7 heteroatoms. The van der Waals surface area contributed by atoms with E-state index in [1.807, 2.05) is 25.1 Å². The molecule has 1 unspecified atom stereocenters. The molecule has 7 nitrogen and oxygen atoms in total. The van der Waals surface area contributed by atoms with E-state index in [-0.39, 0.29) is 23.0 Å². The first-order valence-electron chi connectivity index (χ1n) is 11.2. The van der Waals surface area contributed by atoms with Gasteiger partial charge in [0.25, 0.3) is 0 Å². The lowest BCUT2D eigenvalue weighted by atomic mass is 9.98. The van der Waals surface area contributed by atoms with Crippen molar-refractivity contribution in [1.82, 2.24) is 0 Å². The third-order valence-electron chi connectivity index (χ3n) is 5.82. The molecule has 4 rings (SSSR count). The zero-order valence-corrected chi connectivity index (χ0v) is 19.9. The van der Waals surface area contributed by atoms with E-state index in [9.17, 15) is 14.4 Å². The van der Waals surface area contributed by atoms with Gasteiger partial charge < -0.3 is 19.3 Å². The minimum atomic E-state index is -0.739. The lowest BCUT2D eigenvalue weighted by Gasteiger charge is -2.10. The van der Waals surface area contributed by atoms with E-state index in [4.69, 9.17) is 19.3 Å². The standard InChI is InChI=1S/C29H24O7/c1-16(2)27(31)36-22-10-12-24-23-11-5-19(13-25(23)18(4)26(24)14-22)29(33)35-21-8-6-20(7-9-21)34-28(32)17(3)15-30/h5-14,18,30H,1,3,15H2,2,4H3. The number of hydrogen-bond donors (Lipinski definition) is 1. The molecule has 1 N–H and O–H groups in total. The van der Waals surface area contributed by atoms with Crippen molar-refractivity contribution >= 4 is 17.9 Å². The Morgan fingerprint density at radius 2 is 1.31 bits per heavy atom. The van der Waals surface area contributed by atoms with Gasteiger partial charge in [-0.05, 0) is 77.7 Å². The lowest BCUT2D eigenvalue weighted by molar-refractivity contribution is -0.131. The van der Waals surface area contributed by atoms with Crippen LogP contribution in [-0.4, -0.2) is 29.6 Å². The van der Waals surface area contributed by atoms with Gasteiger partial charge in [-0.15, -0.1) is 0 Å². The first kappa shape index (κ1) is 24.6. The molecule has 3 aromatic carbocycles. The highest BCUT2D eigenvalue weighted by molar-refractivity contribution is 5.94. The Kier molecular flexibility index (Phi) is 6.85. The van der Waals surface area contributed by atoms with Crippen molar-refractivity contribution < 1.29 is 33.7 Å². The number of carbonyl (C=O) groups excluding carboxylic acids is 3. The molecule has 0 aliphatic heterocycles. The fourth-order valence-corrected chi connectivity index (χ4v) is 3.85. The van der Waals surface area contributed by atoms with E-state index in [1.165, 1.54) is 24.3 Å².